The largest absolute Gasteiger partial charge is 0.339 e. The summed E-state index contributed by atoms with van der Waals surface area (Å²) in [5.41, 5.74) is 2.04. The van der Waals surface area contributed by atoms with E-state index in [0.29, 0.717) is 17.7 Å². The highest BCUT2D eigenvalue weighted by molar-refractivity contribution is 5.58. The first-order valence-electron chi connectivity index (χ1n) is 6.21. The molecule has 0 saturated carbocycles. The van der Waals surface area contributed by atoms with Crippen LogP contribution in [0.15, 0.2) is 23.0 Å². The smallest absolute Gasteiger partial charge is 0.231 e. The number of pyridine rings is 1. The summed E-state index contributed by atoms with van der Waals surface area (Å²) in [7, 11) is 0. The Hall–Kier alpha value is -1.75. The molecule has 1 aliphatic rings. The van der Waals surface area contributed by atoms with E-state index in [1.54, 1.807) is 6.20 Å². The Bertz CT molecular complexity index is 551. The summed E-state index contributed by atoms with van der Waals surface area (Å²) in [6.07, 6.45) is 3.56. The molecule has 2 aromatic heterocycles. The molecular formula is C13H16N4O. The zero-order valence-electron chi connectivity index (χ0n) is 10.6. The fourth-order valence-corrected chi connectivity index (χ4v) is 2.36. The van der Waals surface area contributed by atoms with Gasteiger partial charge in [0, 0.05) is 24.5 Å². The lowest BCUT2D eigenvalue weighted by molar-refractivity contribution is 0.340. The van der Waals surface area contributed by atoms with Gasteiger partial charge in [0.25, 0.3) is 0 Å². The van der Waals surface area contributed by atoms with Crippen molar-refractivity contribution in [3.63, 3.8) is 0 Å². The normalized spacial score (nSPS) is 23.4. The first-order valence-corrected chi connectivity index (χ1v) is 6.21. The van der Waals surface area contributed by atoms with Gasteiger partial charge in [-0.25, -0.2) is 0 Å². The molecule has 1 N–H and O–H groups in total. The van der Waals surface area contributed by atoms with E-state index in [0.717, 1.165) is 30.1 Å². The van der Waals surface area contributed by atoms with Crippen molar-refractivity contribution in [3.05, 3.63) is 29.9 Å². The van der Waals surface area contributed by atoms with E-state index in [9.17, 15) is 0 Å². The summed E-state index contributed by atoms with van der Waals surface area (Å²) in [5, 5.41) is 7.43. The number of aromatic nitrogens is 3. The molecule has 2 atom stereocenters. The third kappa shape index (κ3) is 1.90. The summed E-state index contributed by atoms with van der Waals surface area (Å²) < 4.78 is 5.41. The molecule has 1 aliphatic heterocycles. The van der Waals surface area contributed by atoms with E-state index in [4.69, 9.17) is 4.52 Å². The third-order valence-corrected chi connectivity index (χ3v) is 3.54. The van der Waals surface area contributed by atoms with Crippen LogP contribution in [0.2, 0.25) is 0 Å². The van der Waals surface area contributed by atoms with Crippen LogP contribution in [0, 0.1) is 12.8 Å². The van der Waals surface area contributed by atoms with Crippen LogP contribution in [0.3, 0.4) is 0 Å². The molecule has 0 aliphatic carbocycles. The van der Waals surface area contributed by atoms with Crippen molar-refractivity contribution >= 4 is 0 Å². The average Bonchev–Trinajstić information content (AvgIpc) is 2.98. The van der Waals surface area contributed by atoms with Crippen molar-refractivity contribution < 1.29 is 4.52 Å². The first kappa shape index (κ1) is 11.3. The van der Waals surface area contributed by atoms with Crippen molar-refractivity contribution in [1.29, 1.82) is 0 Å². The van der Waals surface area contributed by atoms with Crippen molar-refractivity contribution in [2.24, 2.45) is 5.92 Å². The first-order chi connectivity index (χ1) is 8.75. The maximum atomic E-state index is 5.41. The fourth-order valence-electron chi connectivity index (χ4n) is 2.36. The van der Waals surface area contributed by atoms with Gasteiger partial charge in [0.15, 0.2) is 0 Å². The Morgan fingerprint density at radius 3 is 3.00 bits per heavy atom. The van der Waals surface area contributed by atoms with Gasteiger partial charge in [-0.2, -0.15) is 4.98 Å². The zero-order valence-corrected chi connectivity index (χ0v) is 10.6. The van der Waals surface area contributed by atoms with Gasteiger partial charge >= 0.3 is 0 Å². The van der Waals surface area contributed by atoms with Gasteiger partial charge in [-0.05, 0) is 31.0 Å². The van der Waals surface area contributed by atoms with Crippen LogP contribution >= 0.6 is 0 Å². The van der Waals surface area contributed by atoms with E-state index in [-0.39, 0.29) is 0 Å². The van der Waals surface area contributed by atoms with Gasteiger partial charge < -0.3 is 9.84 Å². The van der Waals surface area contributed by atoms with E-state index < -0.39 is 0 Å². The second-order valence-corrected chi connectivity index (χ2v) is 4.89. The lowest BCUT2D eigenvalue weighted by atomic mass is 9.98. The maximum Gasteiger partial charge on any atom is 0.231 e. The van der Waals surface area contributed by atoms with Gasteiger partial charge in [0.05, 0.1) is 5.92 Å². The molecular weight excluding hydrogens is 228 g/mol. The fraction of sp³-hybridized carbons (Fsp3) is 0.462. The van der Waals surface area contributed by atoms with Crippen LogP contribution in [0.4, 0.5) is 0 Å². The minimum Gasteiger partial charge on any atom is -0.339 e. The van der Waals surface area contributed by atoms with Crippen LogP contribution in [-0.4, -0.2) is 28.2 Å². The molecule has 3 rings (SSSR count). The van der Waals surface area contributed by atoms with Gasteiger partial charge in [0.1, 0.15) is 0 Å². The van der Waals surface area contributed by atoms with Crippen molar-refractivity contribution in [1.82, 2.24) is 20.4 Å². The number of rotatable bonds is 2. The standard InChI is InChI=1S/C13H16N4O/c1-8-5-14-4-3-10(8)12-16-13(18-17-12)11-7-15-6-9(11)2/h3-5,9,11,15H,6-7H2,1-2H3/t9-,11-/m1/s1. The Kier molecular flexibility index (Phi) is 2.83. The van der Waals surface area contributed by atoms with Crippen LogP contribution in [0.1, 0.15) is 24.3 Å². The van der Waals surface area contributed by atoms with Crippen LogP contribution < -0.4 is 5.32 Å². The highest BCUT2D eigenvalue weighted by Gasteiger charge is 2.29. The molecule has 5 nitrogen and oxygen atoms in total. The topological polar surface area (TPSA) is 63.8 Å². The zero-order chi connectivity index (χ0) is 12.5. The molecule has 0 bridgehead atoms. The molecule has 18 heavy (non-hydrogen) atoms. The van der Waals surface area contributed by atoms with E-state index >= 15 is 0 Å². The van der Waals surface area contributed by atoms with Crippen LogP contribution in [-0.2, 0) is 0 Å². The molecule has 0 amide bonds. The molecule has 1 saturated heterocycles. The molecule has 3 heterocycles. The van der Waals surface area contributed by atoms with Gasteiger partial charge in [-0.3, -0.25) is 4.98 Å². The highest BCUT2D eigenvalue weighted by atomic mass is 16.5. The van der Waals surface area contributed by atoms with Gasteiger partial charge in [-0.1, -0.05) is 12.1 Å². The number of nitrogens with one attached hydrogen (secondary N) is 1. The van der Waals surface area contributed by atoms with E-state index in [1.165, 1.54) is 0 Å². The van der Waals surface area contributed by atoms with Crippen molar-refractivity contribution in [2.45, 2.75) is 19.8 Å². The molecule has 0 unspecified atom stereocenters. The molecule has 0 radical (unpaired) electrons. The second-order valence-electron chi connectivity index (χ2n) is 4.89. The van der Waals surface area contributed by atoms with E-state index in [2.05, 4.69) is 27.4 Å². The molecule has 5 heteroatoms. The monoisotopic (exact) mass is 244 g/mol. The number of aryl methyl sites for hydroxylation is 1. The van der Waals surface area contributed by atoms with Crippen LogP contribution in [0.5, 0.6) is 0 Å². The Morgan fingerprint density at radius 1 is 1.39 bits per heavy atom. The summed E-state index contributed by atoms with van der Waals surface area (Å²) in [4.78, 5) is 8.60. The summed E-state index contributed by atoms with van der Waals surface area (Å²) in [5.74, 6) is 2.26. The highest BCUT2D eigenvalue weighted by Crippen LogP contribution is 2.28. The third-order valence-electron chi connectivity index (χ3n) is 3.54. The lowest BCUT2D eigenvalue weighted by Crippen LogP contribution is -2.08. The number of hydrogen-bond donors (Lipinski definition) is 1. The number of hydrogen-bond acceptors (Lipinski definition) is 5. The van der Waals surface area contributed by atoms with E-state index in [1.807, 2.05) is 19.2 Å². The summed E-state index contributed by atoms with van der Waals surface area (Å²) >= 11 is 0. The predicted molar refractivity (Wildman–Crippen MR) is 67.0 cm³/mol. The van der Waals surface area contributed by atoms with Crippen molar-refractivity contribution in [3.8, 4) is 11.4 Å². The Balaban J connectivity index is 1.92. The maximum absolute atomic E-state index is 5.41. The Morgan fingerprint density at radius 2 is 2.28 bits per heavy atom. The molecule has 2 aromatic rings. The van der Waals surface area contributed by atoms with Crippen molar-refractivity contribution in [2.75, 3.05) is 13.1 Å². The molecule has 1 fully saturated rings. The minimum atomic E-state index is 0.327. The SMILES string of the molecule is Cc1cnccc1-c1noc([C@@H]2CNC[C@H]2C)n1. The molecule has 0 spiro atoms. The van der Waals surface area contributed by atoms with Gasteiger partial charge in [-0.15, -0.1) is 0 Å². The quantitative estimate of drug-likeness (QED) is 0.872. The predicted octanol–water partition coefficient (Wildman–Crippen LogP) is 1.76. The average molecular weight is 244 g/mol. The minimum absolute atomic E-state index is 0.327. The lowest BCUT2D eigenvalue weighted by Gasteiger charge is -2.07. The van der Waals surface area contributed by atoms with Crippen LogP contribution in [0.25, 0.3) is 11.4 Å². The summed E-state index contributed by atoms with van der Waals surface area (Å²) in [6.45, 7) is 6.12. The second kappa shape index (κ2) is 4.49. The molecule has 0 aromatic carbocycles. The molecule has 94 valence electrons. The summed E-state index contributed by atoms with van der Waals surface area (Å²) in [6, 6.07) is 1.92. The number of nitrogens with zero attached hydrogens (tertiary/aromatic N) is 3. The Labute approximate surface area is 106 Å². The van der Waals surface area contributed by atoms with Gasteiger partial charge in [0.2, 0.25) is 11.7 Å².